The van der Waals surface area contributed by atoms with E-state index in [1.807, 2.05) is 48.3 Å². The summed E-state index contributed by atoms with van der Waals surface area (Å²) in [6, 6.07) is 10.5. The van der Waals surface area contributed by atoms with Crippen molar-refractivity contribution in [1.82, 2.24) is 20.0 Å². The second-order valence-electron chi connectivity index (χ2n) is 6.21. The van der Waals surface area contributed by atoms with E-state index in [1.54, 1.807) is 6.20 Å². The molecule has 0 radical (unpaired) electrons. The summed E-state index contributed by atoms with van der Waals surface area (Å²) in [6.07, 6.45) is 8.67. The first kappa shape index (κ1) is 15.7. The minimum Gasteiger partial charge on any atom is -0.351 e. The molecule has 1 N–H and O–H groups in total. The third kappa shape index (κ3) is 3.99. The van der Waals surface area contributed by atoms with Crippen molar-refractivity contribution in [2.24, 2.45) is 0 Å². The lowest BCUT2D eigenvalue weighted by Gasteiger charge is -2.23. The fourth-order valence-corrected chi connectivity index (χ4v) is 3.25. The van der Waals surface area contributed by atoms with Gasteiger partial charge in [0.05, 0.1) is 12.2 Å². The van der Waals surface area contributed by atoms with Gasteiger partial charge in [0.25, 0.3) is 0 Å². The number of aromatic nitrogens is 2. The normalized spacial score (nSPS) is 15.2. The summed E-state index contributed by atoms with van der Waals surface area (Å²) in [7, 11) is 2.05. The fraction of sp³-hybridized carbons (Fsp3) is 0.444. The molecule has 1 aromatic heterocycles. The second kappa shape index (κ2) is 7.42. The van der Waals surface area contributed by atoms with Crippen molar-refractivity contribution in [3.63, 3.8) is 0 Å². The van der Waals surface area contributed by atoms with Crippen LogP contribution in [0.1, 0.15) is 31.2 Å². The summed E-state index contributed by atoms with van der Waals surface area (Å²) in [5.74, 6) is 0.0784. The van der Waals surface area contributed by atoms with Crippen molar-refractivity contribution in [2.45, 2.75) is 38.3 Å². The predicted octanol–water partition coefficient (Wildman–Crippen LogP) is 2.36. The molecule has 1 aromatic carbocycles. The van der Waals surface area contributed by atoms with Crippen molar-refractivity contribution < 1.29 is 4.79 Å². The number of rotatable bonds is 6. The van der Waals surface area contributed by atoms with Crippen LogP contribution in [0.4, 0.5) is 0 Å². The van der Waals surface area contributed by atoms with Gasteiger partial charge in [-0.15, -0.1) is 0 Å². The Labute approximate surface area is 137 Å². The van der Waals surface area contributed by atoms with Crippen LogP contribution in [0.3, 0.4) is 0 Å². The highest BCUT2D eigenvalue weighted by molar-refractivity contribution is 5.78. The van der Waals surface area contributed by atoms with Gasteiger partial charge >= 0.3 is 0 Å². The molecule has 0 unspecified atom stereocenters. The zero-order chi connectivity index (χ0) is 16.1. The Morgan fingerprint density at radius 1 is 1.30 bits per heavy atom. The molecule has 5 heteroatoms. The molecule has 1 heterocycles. The van der Waals surface area contributed by atoms with E-state index in [-0.39, 0.29) is 5.91 Å². The van der Waals surface area contributed by atoms with Gasteiger partial charge in [0.15, 0.2) is 0 Å². The van der Waals surface area contributed by atoms with Gasteiger partial charge in [-0.1, -0.05) is 31.0 Å². The second-order valence-corrected chi connectivity index (χ2v) is 6.21. The average molecular weight is 312 g/mol. The van der Waals surface area contributed by atoms with Crippen molar-refractivity contribution in [1.29, 1.82) is 0 Å². The molecule has 122 valence electrons. The number of hydrogen-bond acceptors (Lipinski definition) is 3. The van der Waals surface area contributed by atoms with Gasteiger partial charge in [-0.3, -0.25) is 9.69 Å². The molecule has 23 heavy (non-hydrogen) atoms. The van der Waals surface area contributed by atoms with Crippen molar-refractivity contribution >= 4 is 5.91 Å². The van der Waals surface area contributed by atoms with E-state index in [4.69, 9.17) is 0 Å². The summed E-state index contributed by atoms with van der Waals surface area (Å²) in [5.41, 5.74) is 2.06. The SMILES string of the molecule is CN(CC(=O)NCc1ccccc1-n1cccn1)C1CCCC1. The number of carbonyl (C=O) groups is 1. The standard InChI is InChI=1S/C18H24N4O/c1-21(16-8-3-4-9-16)14-18(23)19-13-15-7-2-5-10-17(15)22-12-6-11-20-22/h2,5-7,10-12,16H,3-4,8-9,13-14H2,1H3,(H,19,23). The van der Waals surface area contributed by atoms with E-state index in [9.17, 15) is 4.79 Å². The molecule has 3 rings (SSSR count). The Kier molecular flexibility index (Phi) is 5.08. The Balaban J connectivity index is 1.57. The van der Waals surface area contributed by atoms with Gasteiger partial charge in [0.2, 0.25) is 5.91 Å². The van der Waals surface area contributed by atoms with E-state index in [0.717, 1.165) is 11.3 Å². The number of nitrogens with one attached hydrogen (secondary N) is 1. The lowest BCUT2D eigenvalue weighted by atomic mass is 10.1. The molecule has 0 spiro atoms. The van der Waals surface area contributed by atoms with E-state index < -0.39 is 0 Å². The Morgan fingerprint density at radius 2 is 2.09 bits per heavy atom. The number of amides is 1. The van der Waals surface area contributed by atoms with Gasteiger partial charge < -0.3 is 5.32 Å². The van der Waals surface area contributed by atoms with Crippen LogP contribution in [0.5, 0.6) is 0 Å². The molecule has 0 atom stereocenters. The van der Waals surface area contributed by atoms with Crippen LogP contribution >= 0.6 is 0 Å². The van der Waals surface area contributed by atoms with Crippen LogP contribution < -0.4 is 5.32 Å². The highest BCUT2D eigenvalue weighted by atomic mass is 16.2. The summed E-state index contributed by atoms with van der Waals surface area (Å²) >= 11 is 0. The summed E-state index contributed by atoms with van der Waals surface area (Å²) in [4.78, 5) is 14.4. The van der Waals surface area contributed by atoms with Crippen LogP contribution in [0.15, 0.2) is 42.7 Å². The number of likely N-dealkylation sites (N-methyl/N-ethyl adjacent to an activating group) is 1. The zero-order valence-corrected chi connectivity index (χ0v) is 13.6. The Hall–Kier alpha value is -2.14. The topological polar surface area (TPSA) is 50.2 Å². The van der Waals surface area contributed by atoms with Crippen molar-refractivity contribution in [3.05, 3.63) is 48.3 Å². The molecule has 1 saturated carbocycles. The lowest BCUT2D eigenvalue weighted by Crippen LogP contribution is -2.39. The fourth-order valence-electron chi connectivity index (χ4n) is 3.25. The molecular weight excluding hydrogens is 288 g/mol. The largest absolute Gasteiger partial charge is 0.351 e. The minimum absolute atomic E-state index is 0.0784. The molecule has 1 amide bonds. The van der Waals surface area contributed by atoms with Gasteiger partial charge in [-0.05, 0) is 37.6 Å². The maximum Gasteiger partial charge on any atom is 0.234 e. The van der Waals surface area contributed by atoms with Crippen LogP contribution in [0.2, 0.25) is 0 Å². The van der Waals surface area contributed by atoms with Gasteiger partial charge in [0, 0.05) is 25.0 Å². The van der Waals surface area contributed by atoms with E-state index in [1.165, 1.54) is 25.7 Å². The molecule has 0 bridgehead atoms. The summed E-state index contributed by atoms with van der Waals surface area (Å²) in [6.45, 7) is 0.988. The maximum absolute atomic E-state index is 12.2. The Morgan fingerprint density at radius 3 is 2.83 bits per heavy atom. The molecule has 1 fully saturated rings. The number of benzene rings is 1. The van der Waals surface area contributed by atoms with Gasteiger partial charge in [-0.2, -0.15) is 5.10 Å². The van der Waals surface area contributed by atoms with E-state index in [2.05, 4.69) is 15.3 Å². The quantitative estimate of drug-likeness (QED) is 0.891. The van der Waals surface area contributed by atoms with Gasteiger partial charge in [0.1, 0.15) is 0 Å². The molecule has 5 nitrogen and oxygen atoms in total. The van der Waals surface area contributed by atoms with Crippen LogP contribution in [0, 0.1) is 0 Å². The monoisotopic (exact) mass is 312 g/mol. The molecule has 2 aromatic rings. The maximum atomic E-state index is 12.2. The number of carbonyl (C=O) groups excluding carboxylic acids is 1. The lowest BCUT2D eigenvalue weighted by molar-refractivity contribution is -0.122. The van der Waals surface area contributed by atoms with Crippen LogP contribution in [-0.2, 0) is 11.3 Å². The highest BCUT2D eigenvalue weighted by Crippen LogP contribution is 2.22. The number of hydrogen-bond donors (Lipinski definition) is 1. The first-order chi connectivity index (χ1) is 11.2. The predicted molar refractivity (Wildman–Crippen MR) is 90.3 cm³/mol. The molecule has 0 aliphatic heterocycles. The zero-order valence-electron chi connectivity index (χ0n) is 13.6. The molecule has 1 aliphatic carbocycles. The Bertz CT molecular complexity index is 632. The number of nitrogens with zero attached hydrogens (tertiary/aromatic N) is 3. The van der Waals surface area contributed by atoms with Crippen LogP contribution in [-0.4, -0.2) is 40.2 Å². The minimum atomic E-state index is 0.0784. The number of para-hydroxylation sites is 1. The molecule has 0 saturated heterocycles. The third-order valence-corrected chi connectivity index (χ3v) is 4.56. The summed E-state index contributed by atoms with van der Waals surface area (Å²) in [5, 5.41) is 7.30. The average Bonchev–Trinajstić information content (AvgIpc) is 3.26. The van der Waals surface area contributed by atoms with E-state index in [0.29, 0.717) is 19.1 Å². The molecule has 1 aliphatic rings. The van der Waals surface area contributed by atoms with Crippen LogP contribution in [0.25, 0.3) is 5.69 Å². The van der Waals surface area contributed by atoms with Crippen molar-refractivity contribution in [2.75, 3.05) is 13.6 Å². The van der Waals surface area contributed by atoms with Gasteiger partial charge in [-0.25, -0.2) is 4.68 Å². The first-order valence-corrected chi connectivity index (χ1v) is 8.29. The third-order valence-electron chi connectivity index (χ3n) is 4.56. The first-order valence-electron chi connectivity index (χ1n) is 8.29. The van der Waals surface area contributed by atoms with Crippen molar-refractivity contribution in [3.8, 4) is 5.69 Å². The highest BCUT2D eigenvalue weighted by Gasteiger charge is 2.21. The summed E-state index contributed by atoms with van der Waals surface area (Å²) < 4.78 is 1.83. The smallest absolute Gasteiger partial charge is 0.234 e. The van der Waals surface area contributed by atoms with E-state index >= 15 is 0 Å². The molecular formula is C18H24N4O.